The van der Waals surface area contributed by atoms with Crippen molar-refractivity contribution in [2.45, 2.75) is 19.9 Å². The average molecular weight is 291 g/mol. The Labute approximate surface area is 119 Å². The molecule has 0 fully saturated rings. The molecule has 0 spiro atoms. The van der Waals surface area contributed by atoms with Crippen LogP contribution in [0.4, 0.5) is 0 Å². The first kappa shape index (κ1) is 14.6. The SMILES string of the molecule is CCCS(=O)(=O)NCc1ccnc(-c2cccnc2)c1. The number of pyridine rings is 2. The molecule has 5 nitrogen and oxygen atoms in total. The fraction of sp³-hybridized carbons (Fsp3) is 0.286. The first-order valence-electron chi connectivity index (χ1n) is 6.43. The van der Waals surface area contributed by atoms with Crippen molar-refractivity contribution in [3.8, 4) is 11.3 Å². The van der Waals surface area contributed by atoms with Gasteiger partial charge in [-0.15, -0.1) is 0 Å². The van der Waals surface area contributed by atoms with Crippen LogP contribution in [-0.4, -0.2) is 24.1 Å². The summed E-state index contributed by atoms with van der Waals surface area (Å²) in [5.41, 5.74) is 2.56. The Kier molecular flexibility index (Phi) is 4.81. The second-order valence-corrected chi connectivity index (χ2v) is 6.36. The Bertz CT molecular complexity index is 657. The molecule has 0 aliphatic heterocycles. The summed E-state index contributed by atoms with van der Waals surface area (Å²) < 4.78 is 25.8. The third-order valence-electron chi connectivity index (χ3n) is 2.75. The predicted octanol–water partition coefficient (Wildman–Crippen LogP) is 1.97. The van der Waals surface area contributed by atoms with Crippen LogP contribution in [0.2, 0.25) is 0 Å². The lowest BCUT2D eigenvalue weighted by Gasteiger charge is -2.07. The minimum Gasteiger partial charge on any atom is -0.264 e. The van der Waals surface area contributed by atoms with Gasteiger partial charge >= 0.3 is 0 Å². The molecule has 1 N–H and O–H groups in total. The average Bonchev–Trinajstić information content (AvgIpc) is 2.47. The lowest BCUT2D eigenvalue weighted by atomic mass is 10.1. The normalized spacial score (nSPS) is 11.4. The minimum atomic E-state index is -3.19. The van der Waals surface area contributed by atoms with E-state index in [0.717, 1.165) is 16.8 Å². The minimum absolute atomic E-state index is 0.146. The second-order valence-electron chi connectivity index (χ2n) is 4.43. The maximum Gasteiger partial charge on any atom is 0.211 e. The van der Waals surface area contributed by atoms with E-state index in [-0.39, 0.29) is 12.3 Å². The molecule has 2 rings (SSSR count). The van der Waals surface area contributed by atoms with Crippen molar-refractivity contribution in [3.63, 3.8) is 0 Å². The number of nitrogens with zero attached hydrogens (tertiary/aromatic N) is 2. The molecule has 0 aliphatic carbocycles. The number of hydrogen-bond donors (Lipinski definition) is 1. The molecule has 0 aromatic carbocycles. The molecular formula is C14H17N3O2S. The van der Waals surface area contributed by atoms with Crippen molar-refractivity contribution in [1.29, 1.82) is 0 Å². The number of sulfonamides is 1. The van der Waals surface area contributed by atoms with Crippen molar-refractivity contribution < 1.29 is 8.42 Å². The van der Waals surface area contributed by atoms with Gasteiger partial charge in [-0.3, -0.25) is 9.97 Å². The molecule has 0 bridgehead atoms. The summed E-state index contributed by atoms with van der Waals surface area (Å²) in [6, 6.07) is 7.42. The van der Waals surface area contributed by atoms with Gasteiger partial charge in [0.15, 0.2) is 0 Å². The van der Waals surface area contributed by atoms with E-state index in [4.69, 9.17) is 0 Å². The van der Waals surface area contributed by atoms with Gasteiger partial charge in [0.05, 0.1) is 11.4 Å². The van der Waals surface area contributed by atoms with Crippen LogP contribution >= 0.6 is 0 Å². The van der Waals surface area contributed by atoms with Gasteiger partial charge in [0, 0.05) is 30.7 Å². The zero-order valence-electron chi connectivity index (χ0n) is 11.3. The molecule has 0 amide bonds. The Hall–Kier alpha value is -1.79. The number of nitrogens with one attached hydrogen (secondary N) is 1. The number of aromatic nitrogens is 2. The van der Waals surface area contributed by atoms with Gasteiger partial charge in [-0.2, -0.15) is 0 Å². The van der Waals surface area contributed by atoms with Crippen LogP contribution in [0.1, 0.15) is 18.9 Å². The van der Waals surface area contributed by atoms with Gasteiger partial charge < -0.3 is 0 Å². The van der Waals surface area contributed by atoms with Crippen molar-refractivity contribution in [1.82, 2.24) is 14.7 Å². The summed E-state index contributed by atoms with van der Waals surface area (Å²) in [5.74, 6) is 0.146. The third-order valence-corrected chi connectivity index (χ3v) is 4.28. The number of rotatable bonds is 6. The fourth-order valence-electron chi connectivity index (χ4n) is 1.79. The van der Waals surface area contributed by atoms with Crippen LogP contribution in [-0.2, 0) is 16.6 Å². The summed E-state index contributed by atoms with van der Waals surface area (Å²) in [5, 5.41) is 0. The van der Waals surface area contributed by atoms with Gasteiger partial charge in [-0.25, -0.2) is 13.1 Å². The van der Waals surface area contributed by atoms with Crippen LogP contribution in [0, 0.1) is 0 Å². The second kappa shape index (κ2) is 6.58. The van der Waals surface area contributed by atoms with Crippen molar-refractivity contribution in [3.05, 3.63) is 48.4 Å². The van der Waals surface area contributed by atoms with Crippen LogP contribution in [0.25, 0.3) is 11.3 Å². The lowest BCUT2D eigenvalue weighted by molar-refractivity contribution is 0.580. The lowest BCUT2D eigenvalue weighted by Crippen LogP contribution is -2.25. The zero-order valence-corrected chi connectivity index (χ0v) is 12.1. The smallest absolute Gasteiger partial charge is 0.211 e. The molecular weight excluding hydrogens is 274 g/mol. The maximum absolute atomic E-state index is 11.6. The maximum atomic E-state index is 11.6. The third kappa shape index (κ3) is 4.11. The highest BCUT2D eigenvalue weighted by Crippen LogP contribution is 2.16. The molecule has 0 unspecified atom stereocenters. The van der Waals surface area contributed by atoms with Crippen LogP contribution in [0.3, 0.4) is 0 Å². The molecule has 20 heavy (non-hydrogen) atoms. The van der Waals surface area contributed by atoms with Crippen molar-refractivity contribution in [2.75, 3.05) is 5.75 Å². The summed E-state index contributed by atoms with van der Waals surface area (Å²) in [6.07, 6.45) is 5.71. The Balaban J connectivity index is 2.11. The Morgan fingerprint density at radius 2 is 2.10 bits per heavy atom. The molecule has 0 aliphatic rings. The Morgan fingerprint density at radius 1 is 1.25 bits per heavy atom. The number of hydrogen-bond acceptors (Lipinski definition) is 4. The largest absolute Gasteiger partial charge is 0.264 e. The summed E-state index contributed by atoms with van der Waals surface area (Å²) in [6.45, 7) is 2.12. The van der Waals surface area contributed by atoms with Gasteiger partial charge in [-0.1, -0.05) is 6.92 Å². The van der Waals surface area contributed by atoms with Gasteiger partial charge in [0.2, 0.25) is 10.0 Å². The van der Waals surface area contributed by atoms with Gasteiger partial charge in [-0.05, 0) is 36.2 Å². The topological polar surface area (TPSA) is 72.0 Å². The first-order valence-corrected chi connectivity index (χ1v) is 8.08. The predicted molar refractivity (Wildman–Crippen MR) is 78.4 cm³/mol. The first-order chi connectivity index (χ1) is 9.61. The standard InChI is InChI=1S/C14H17N3O2S/c1-2-8-20(18,19)17-10-12-5-7-16-14(9-12)13-4-3-6-15-11-13/h3-7,9,11,17H,2,8,10H2,1H3. The summed E-state index contributed by atoms with van der Waals surface area (Å²) in [7, 11) is -3.19. The molecule has 6 heteroatoms. The van der Waals surface area contributed by atoms with Crippen LogP contribution in [0.15, 0.2) is 42.9 Å². The van der Waals surface area contributed by atoms with Crippen LogP contribution in [0.5, 0.6) is 0 Å². The highest BCUT2D eigenvalue weighted by molar-refractivity contribution is 7.89. The van der Waals surface area contributed by atoms with Gasteiger partial charge in [0.25, 0.3) is 0 Å². The van der Waals surface area contributed by atoms with E-state index in [0.29, 0.717) is 6.42 Å². The van der Waals surface area contributed by atoms with E-state index in [2.05, 4.69) is 14.7 Å². The Morgan fingerprint density at radius 3 is 2.80 bits per heavy atom. The summed E-state index contributed by atoms with van der Waals surface area (Å²) >= 11 is 0. The quantitative estimate of drug-likeness (QED) is 0.883. The molecule has 2 heterocycles. The van der Waals surface area contributed by atoms with Crippen molar-refractivity contribution in [2.24, 2.45) is 0 Å². The van der Waals surface area contributed by atoms with E-state index in [1.807, 2.05) is 25.1 Å². The van der Waals surface area contributed by atoms with E-state index in [9.17, 15) is 8.42 Å². The molecule has 0 atom stereocenters. The van der Waals surface area contributed by atoms with E-state index >= 15 is 0 Å². The van der Waals surface area contributed by atoms with E-state index in [1.54, 1.807) is 24.7 Å². The molecule has 2 aromatic heterocycles. The zero-order chi connectivity index (χ0) is 14.4. The highest BCUT2D eigenvalue weighted by Gasteiger charge is 2.08. The van der Waals surface area contributed by atoms with E-state index in [1.165, 1.54) is 0 Å². The van der Waals surface area contributed by atoms with E-state index < -0.39 is 10.0 Å². The van der Waals surface area contributed by atoms with Crippen LogP contribution < -0.4 is 4.72 Å². The highest BCUT2D eigenvalue weighted by atomic mass is 32.2. The molecule has 0 radical (unpaired) electrons. The van der Waals surface area contributed by atoms with Gasteiger partial charge in [0.1, 0.15) is 0 Å². The molecule has 0 saturated heterocycles. The molecule has 106 valence electrons. The fourth-order valence-corrected chi connectivity index (χ4v) is 2.86. The molecule has 2 aromatic rings. The monoisotopic (exact) mass is 291 g/mol. The van der Waals surface area contributed by atoms with Crippen molar-refractivity contribution >= 4 is 10.0 Å². The summed E-state index contributed by atoms with van der Waals surface area (Å²) in [4.78, 5) is 8.32. The molecule has 0 saturated carbocycles.